The van der Waals surface area contributed by atoms with Crippen LogP contribution >= 0.6 is 0 Å². The molecule has 0 spiro atoms. The zero-order valence-electron chi connectivity index (χ0n) is 8.06. The third kappa shape index (κ3) is 4.57. The van der Waals surface area contributed by atoms with Crippen LogP contribution in [0, 0.1) is 5.92 Å². The quantitative estimate of drug-likeness (QED) is 0.438. The summed E-state index contributed by atoms with van der Waals surface area (Å²) in [5.74, 6) is -0.633. The van der Waals surface area contributed by atoms with E-state index in [-0.39, 0.29) is 13.2 Å². The molecular weight excluding hydrogens is 172 g/mol. The molecule has 2 unspecified atom stereocenters. The van der Waals surface area contributed by atoms with Crippen molar-refractivity contribution in [3.63, 3.8) is 0 Å². The minimum Gasteiger partial charge on any atom is -0.396 e. The summed E-state index contributed by atoms with van der Waals surface area (Å²) in [6, 6.07) is 0. The van der Waals surface area contributed by atoms with Gasteiger partial charge in [-0.2, -0.15) is 0 Å². The van der Waals surface area contributed by atoms with Gasteiger partial charge in [0, 0.05) is 5.92 Å². The van der Waals surface area contributed by atoms with Crippen LogP contribution in [0.3, 0.4) is 0 Å². The molecule has 4 heteroatoms. The molecule has 0 heterocycles. The summed E-state index contributed by atoms with van der Waals surface area (Å²) in [6.45, 7) is 1.39. The van der Waals surface area contributed by atoms with Gasteiger partial charge in [0.25, 0.3) is 0 Å². The predicted molar refractivity (Wildman–Crippen MR) is 49.2 cm³/mol. The molecule has 0 bridgehead atoms. The lowest BCUT2D eigenvalue weighted by Crippen LogP contribution is -2.37. The summed E-state index contributed by atoms with van der Waals surface area (Å²) >= 11 is 0. The van der Waals surface area contributed by atoms with Crippen molar-refractivity contribution >= 4 is 0 Å². The molecule has 2 atom stereocenters. The van der Waals surface area contributed by atoms with Gasteiger partial charge in [-0.3, -0.25) is 0 Å². The highest BCUT2D eigenvalue weighted by Crippen LogP contribution is 2.12. The lowest BCUT2D eigenvalue weighted by molar-refractivity contribution is -0.0512. The van der Waals surface area contributed by atoms with Crippen molar-refractivity contribution in [2.24, 2.45) is 5.92 Å². The summed E-state index contributed by atoms with van der Waals surface area (Å²) in [4.78, 5) is 0. The first-order valence-electron chi connectivity index (χ1n) is 4.75. The lowest BCUT2D eigenvalue weighted by Gasteiger charge is -2.23. The maximum Gasteiger partial charge on any atom is 0.0871 e. The van der Waals surface area contributed by atoms with Crippen LogP contribution in [0.1, 0.15) is 26.2 Å². The van der Waals surface area contributed by atoms with E-state index in [2.05, 4.69) is 0 Å². The Morgan fingerprint density at radius 2 is 1.62 bits per heavy atom. The molecule has 0 aliphatic carbocycles. The molecule has 4 N–H and O–H groups in total. The van der Waals surface area contributed by atoms with E-state index in [9.17, 15) is 10.2 Å². The molecule has 0 aromatic heterocycles. The fraction of sp³-hybridized carbons (Fsp3) is 1.00. The standard InChI is InChI=1S/C9H20O4/c1-2-3-4-8(12)9(13)7(5-10)6-11/h7-13H,2-6H2,1H3. The fourth-order valence-electron chi connectivity index (χ4n) is 1.17. The maximum atomic E-state index is 9.43. The monoisotopic (exact) mass is 192 g/mol. The zero-order valence-corrected chi connectivity index (χ0v) is 8.06. The van der Waals surface area contributed by atoms with Gasteiger partial charge in [-0.25, -0.2) is 0 Å². The Hall–Kier alpha value is -0.160. The van der Waals surface area contributed by atoms with E-state index in [1.165, 1.54) is 0 Å². The van der Waals surface area contributed by atoms with Gasteiger partial charge < -0.3 is 20.4 Å². The summed E-state index contributed by atoms with van der Waals surface area (Å²) in [7, 11) is 0. The molecule has 0 saturated heterocycles. The van der Waals surface area contributed by atoms with Crippen molar-refractivity contribution in [2.75, 3.05) is 13.2 Å². The second-order valence-electron chi connectivity index (χ2n) is 3.33. The van der Waals surface area contributed by atoms with Crippen molar-refractivity contribution in [3.05, 3.63) is 0 Å². The number of aliphatic hydroxyl groups is 4. The second-order valence-corrected chi connectivity index (χ2v) is 3.33. The highest BCUT2D eigenvalue weighted by Gasteiger charge is 2.24. The van der Waals surface area contributed by atoms with Gasteiger partial charge in [-0.05, 0) is 6.42 Å². The molecule has 0 fully saturated rings. The maximum absolute atomic E-state index is 9.43. The summed E-state index contributed by atoms with van der Waals surface area (Å²) in [6.07, 6.45) is 0.425. The minimum absolute atomic E-state index is 0.305. The number of hydrogen-bond donors (Lipinski definition) is 4. The van der Waals surface area contributed by atoms with Crippen LogP contribution in [0.2, 0.25) is 0 Å². The van der Waals surface area contributed by atoms with E-state index in [0.29, 0.717) is 6.42 Å². The van der Waals surface area contributed by atoms with Crippen molar-refractivity contribution in [1.29, 1.82) is 0 Å². The molecule has 0 aliphatic rings. The van der Waals surface area contributed by atoms with Crippen molar-refractivity contribution in [2.45, 2.75) is 38.4 Å². The van der Waals surface area contributed by atoms with Crippen LogP contribution < -0.4 is 0 Å². The SMILES string of the molecule is CCCCC(O)C(O)C(CO)CO. The third-order valence-electron chi connectivity index (χ3n) is 2.20. The Morgan fingerprint density at radius 3 is 2.00 bits per heavy atom. The topological polar surface area (TPSA) is 80.9 Å². The van der Waals surface area contributed by atoms with Gasteiger partial charge in [0.05, 0.1) is 25.4 Å². The molecule has 0 radical (unpaired) electrons. The van der Waals surface area contributed by atoms with E-state index < -0.39 is 18.1 Å². The first-order chi connectivity index (χ1) is 6.17. The number of aliphatic hydroxyl groups excluding tert-OH is 4. The molecule has 13 heavy (non-hydrogen) atoms. The molecule has 0 aliphatic heterocycles. The van der Waals surface area contributed by atoms with E-state index in [1.54, 1.807) is 0 Å². The Balaban J connectivity index is 3.83. The molecular formula is C9H20O4. The first-order valence-corrected chi connectivity index (χ1v) is 4.75. The largest absolute Gasteiger partial charge is 0.396 e. The zero-order chi connectivity index (χ0) is 10.3. The molecule has 80 valence electrons. The number of unbranched alkanes of at least 4 members (excludes halogenated alkanes) is 1. The van der Waals surface area contributed by atoms with Gasteiger partial charge in [-0.1, -0.05) is 19.8 Å². The van der Waals surface area contributed by atoms with Crippen LogP contribution in [-0.2, 0) is 0 Å². The third-order valence-corrected chi connectivity index (χ3v) is 2.20. The second kappa shape index (κ2) is 7.26. The minimum atomic E-state index is -1.03. The Kier molecular flexibility index (Phi) is 7.17. The molecule has 0 amide bonds. The van der Waals surface area contributed by atoms with E-state index in [0.717, 1.165) is 12.8 Å². The summed E-state index contributed by atoms with van der Waals surface area (Å²) in [5, 5.41) is 36.3. The molecule has 0 aromatic carbocycles. The van der Waals surface area contributed by atoms with Crippen molar-refractivity contribution in [1.82, 2.24) is 0 Å². The Morgan fingerprint density at radius 1 is 1.08 bits per heavy atom. The number of hydrogen-bond acceptors (Lipinski definition) is 4. The van der Waals surface area contributed by atoms with Crippen LogP contribution in [0.25, 0.3) is 0 Å². The van der Waals surface area contributed by atoms with Gasteiger partial charge >= 0.3 is 0 Å². The van der Waals surface area contributed by atoms with E-state index >= 15 is 0 Å². The Bertz CT molecular complexity index is 114. The normalized spacial score (nSPS) is 16.2. The van der Waals surface area contributed by atoms with Crippen LogP contribution in [0.5, 0.6) is 0 Å². The van der Waals surface area contributed by atoms with E-state index in [1.807, 2.05) is 6.92 Å². The molecule has 4 nitrogen and oxygen atoms in total. The molecule has 0 rings (SSSR count). The highest BCUT2D eigenvalue weighted by atomic mass is 16.3. The van der Waals surface area contributed by atoms with Crippen LogP contribution in [-0.4, -0.2) is 45.8 Å². The molecule has 0 saturated carbocycles. The Labute approximate surface area is 78.8 Å². The van der Waals surface area contributed by atoms with Crippen LogP contribution in [0.15, 0.2) is 0 Å². The van der Waals surface area contributed by atoms with Gasteiger partial charge in [-0.15, -0.1) is 0 Å². The first kappa shape index (κ1) is 12.8. The predicted octanol–water partition coefficient (Wildman–Crippen LogP) is -0.501. The highest BCUT2D eigenvalue weighted by molar-refractivity contribution is 4.74. The lowest BCUT2D eigenvalue weighted by atomic mass is 9.96. The fourth-order valence-corrected chi connectivity index (χ4v) is 1.17. The average Bonchev–Trinajstić information content (AvgIpc) is 2.15. The smallest absolute Gasteiger partial charge is 0.0871 e. The van der Waals surface area contributed by atoms with Gasteiger partial charge in [0.15, 0.2) is 0 Å². The van der Waals surface area contributed by atoms with Gasteiger partial charge in [0.1, 0.15) is 0 Å². The van der Waals surface area contributed by atoms with Crippen molar-refractivity contribution in [3.8, 4) is 0 Å². The van der Waals surface area contributed by atoms with Crippen LogP contribution in [0.4, 0.5) is 0 Å². The van der Waals surface area contributed by atoms with E-state index in [4.69, 9.17) is 10.2 Å². The van der Waals surface area contributed by atoms with Crippen molar-refractivity contribution < 1.29 is 20.4 Å². The number of rotatable bonds is 7. The molecule has 0 aromatic rings. The average molecular weight is 192 g/mol. The summed E-state index contributed by atoms with van der Waals surface area (Å²) in [5.41, 5.74) is 0. The van der Waals surface area contributed by atoms with Gasteiger partial charge in [0.2, 0.25) is 0 Å². The summed E-state index contributed by atoms with van der Waals surface area (Å²) < 4.78 is 0.